The molecule has 8 heteroatoms. The summed E-state index contributed by atoms with van der Waals surface area (Å²) in [5, 5.41) is 4.51. The van der Waals surface area contributed by atoms with Crippen LogP contribution >= 0.6 is 0 Å². The number of ether oxygens (including phenoxy) is 1. The Morgan fingerprint density at radius 1 is 1.23 bits per heavy atom. The third-order valence-corrected chi connectivity index (χ3v) is 2.96. The Morgan fingerprint density at radius 3 is 2.59 bits per heavy atom. The molecule has 0 spiro atoms. The van der Waals surface area contributed by atoms with E-state index in [4.69, 9.17) is 4.74 Å². The number of aromatic nitrogens is 4. The number of rotatable bonds is 0. The van der Waals surface area contributed by atoms with Crippen molar-refractivity contribution < 1.29 is 9.53 Å². The summed E-state index contributed by atoms with van der Waals surface area (Å²) < 4.78 is 6.49. The van der Waals surface area contributed by atoms with Gasteiger partial charge >= 0.3 is 17.5 Å². The molecule has 0 saturated heterocycles. The normalized spacial score (nSPS) is 12.0. The summed E-state index contributed by atoms with van der Waals surface area (Å²) in [5.41, 5.74) is -1.66. The smallest absolute Gasteiger partial charge is 0.439 e. The minimum atomic E-state index is -0.926. The van der Waals surface area contributed by atoms with Crippen molar-refractivity contribution in [3.05, 3.63) is 45.2 Å². The lowest BCUT2D eigenvalue weighted by molar-refractivity contribution is 0.0508. The lowest BCUT2D eigenvalue weighted by Gasteiger charge is -2.18. The van der Waals surface area contributed by atoms with Crippen molar-refractivity contribution >= 4 is 22.6 Å². The third-order valence-electron chi connectivity index (χ3n) is 2.96. The quantitative estimate of drug-likeness (QED) is 0.671. The number of carbonyl (C=O) groups excluding carboxylic acids is 1. The predicted molar refractivity (Wildman–Crippen MR) is 79.2 cm³/mol. The maximum atomic E-state index is 12.3. The minimum Gasteiger partial charge on any atom is -0.442 e. The fourth-order valence-corrected chi connectivity index (χ4v) is 2.11. The van der Waals surface area contributed by atoms with Crippen molar-refractivity contribution in [3.8, 4) is 0 Å². The highest BCUT2D eigenvalue weighted by atomic mass is 16.6. The summed E-state index contributed by atoms with van der Waals surface area (Å²) in [6.07, 6.45) is -0.926. The largest absolute Gasteiger partial charge is 0.442 e. The molecule has 0 bridgehead atoms. The van der Waals surface area contributed by atoms with Gasteiger partial charge in [0.25, 0.3) is 0 Å². The number of hydrogen-bond donors (Lipinski definition) is 1. The molecule has 114 valence electrons. The van der Waals surface area contributed by atoms with Crippen LogP contribution in [0.25, 0.3) is 16.6 Å². The summed E-state index contributed by atoms with van der Waals surface area (Å²) in [6.45, 7) is 5.02. The summed E-state index contributed by atoms with van der Waals surface area (Å²) in [6, 6.07) is 6.88. The number of H-pyrrole nitrogens is 1. The Morgan fingerprint density at radius 2 is 1.91 bits per heavy atom. The highest BCUT2D eigenvalue weighted by Crippen LogP contribution is 2.13. The number of fused-ring (bicyclic) bond motifs is 3. The van der Waals surface area contributed by atoms with Crippen LogP contribution in [0.15, 0.2) is 33.9 Å². The second-order valence-corrected chi connectivity index (χ2v) is 5.81. The lowest BCUT2D eigenvalue weighted by atomic mass is 10.2. The number of nitrogens with zero attached hydrogens (tertiary/aromatic N) is 3. The molecule has 3 rings (SSSR count). The number of aromatic amines is 1. The fourth-order valence-electron chi connectivity index (χ4n) is 2.11. The van der Waals surface area contributed by atoms with E-state index in [1.807, 2.05) is 0 Å². The number of hydrogen-bond acceptors (Lipinski definition) is 5. The first-order valence-corrected chi connectivity index (χ1v) is 6.64. The molecule has 0 amide bonds. The highest BCUT2D eigenvalue weighted by Gasteiger charge is 2.23. The van der Waals surface area contributed by atoms with E-state index in [9.17, 15) is 14.4 Å². The van der Waals surface area contributed by atoms with Gasteiger partial charge in [0, 0.05) is 5.39 Å². The van der Waals surface area contributed by atoms with E-state index in [1.54, 1.807) is 45.0 Å². The van der Waals surface area contributed by atoms with Crippen LogP contribution in [-0.4, -0.2) is 30.9 Å². The van der Waals surface area contributed by atoms with Crippen LogP contribution in [0, 0.1) is 0 Å². The Kier molecular flexibility index (Phi) is 2.91. The molecule has 0 aliphatic rings. The van der Waals surface area contributed by atoms with Crippen LogP contribution in [0.3, 0.4) is 0 Å². The van der Waals surface area contributed by atoms with Crippen LogP contribution in [0.2, 0.25) is 0 Å². The zero-order valence-corrected chi connectivity index (χ0v) is 12.3. The molecule has 2 heterocycles. The molecular formula is C14H14N4O4. The molecule has 1 N–H and O–H groups in total. The van der Waals surface area contributed by atoms with Crippen molar-refractivity contribution in [3.63, 3.8) is 0 Å². The summed E-state index contributed by atoms with van der Waals surface area (Å²) in [5.74, 6) is 0. The molecule has 22 heavy (non-hydrogen) atoms. The van der Waals surface area contributed by atoms with Gasteiger partial charge in [0.05, 0.1) is 5.52 Å². The number of nitrogens with one attached hydrogen (secondary N) is 1. The van der Waals surface area contributed by atoms with E-state index in [0.29, 0.717) is 15.6 Å². The Bertz CT molecular complexity index is 1000. The first kappa shape index (κ1) is 14.1. The second-order valence-electron chi connectivity index (χ2n) is 5.81. The summed E-state index contributed by atoms with van der Waals surface area (Å²) in [7, 11) is 0. The average molecular weight is 302 g/mol. The van der Waals surface area contributed by atoms with E-state index in [0.717, 1.165) is 4.40 Å². The average Bonchev–Trinajstić information content (AvgIpc) is 2.76. The Hall–Kier alpha value is -2.90. The van der Waals surface area contributed by atoms with E-state index in [1.165, 1.54) is 0 Å². The van der Waals surface area contributed by atoms with Crippen LogP contribution in [0.4, 0.5) is 4.79 Å². The van der Waals surface area contributed by atoms with Gasteiger partial charge in [0.15, 0.2) is 5.65 Å². The molecule has 0 radical (unpaired) electrons. The van der Waals surface area contributed by atoms with Gasteiger partial charge in [-0.15, -0.1) is 9.78 Å². The summed E-state index contributed by atoms with van der Waals surface area (Å²) in [4.78, 5) is 38.9. The lowest BCUT2D eigenvalue weighted by Crippen LogP contribution is -2.36. The van der Waals surface area contributed by atoms with Crippen LogP contribution in [0.5, 0.6) is 0 Å². The molecule has 0 aliphatic carbocycles. The van der Waals surface area contributed by atoms with Crippen LogP contribution in [-0.2, 0) is 4.74 Å². The molecular weight excluding hydrogens is 288 g/mol. The Balaban J connectivity index is 2.32. The monoisotopic (exact) mass is 302 g/mol. The first-order chi connectivity index (χ1) is 10.3. The van der Waals surface area contributed by atoms with Gasteiger partial charge < -0.3 is 9.72 Å². The predicted octanol–water partition coefficient (Wildman–Crippen LogP) is 1.12. The first-order valence-electron chi connectivity index (χ1n) is 6.64. The fraction of sp³-hybridized carbons (Fsp3) is 0.286. The van der Waals surface area contributed by atoms with Gasteiger partial charge in [0.2, 0.25) is 0 Å². The van der Waals surface area contributed by atoms with Crippen molar-refractivity contribution in [1.82, 2.24) is 19.2 Å². The van der Waals surface area contributed by atoms with Crippen molar-refractivity contribution in [2.75, 3.05) is 0 Å². The van der Waals surface area contributed by atoms with E-state index in [-0.39, 0.29) is 5.65 Å². The molecule has 2 aromatic heterocycles. The van der Waals surface area contributed by atoms with Gasteiger partial charge in [-0.05, 0) is 32.9 Å². The number of carbonyl (C=O) groups is 1. The zero-order valence-electron chi connectivity index (χ0n) is 12.3. The van der Waals surface area contributed by atoms with Gasteiger partial charge in [0.1, 0.15) is 5.60 Å². The minimum absolute atomic E-state index is 0.107. The number of benzene rings is 1. The van der Waals surface area contributed by atoms with E-state index >= 15 is 0 Å². The zero-order chi connectivity index (χ0) is 16.1. The topological polar surface area (TPSA) is 98.5 Å². The van der Waals surface area contributed by atoms with Crippen LogP contribution < -0.4 is 11.4 Å². The Labute approximate surface area is 123 Å². The molecule has 0 fully saturated rings. The second kappa shape index (κ2) is 4.55. The third kappa shape index (κ3) is 2.18. The van der Waals surface area contributed by atoms with E-state index in [2.05, 4.69) is 10.1 Å². The molecule has 0 aliphatic heterocycles. The van der Waals surface area contributed by atoms with Crippen molar-refractivity contribution in [2.24, 2.45) is 0 Å². The van der Waals surface area contributed by atoms with Gasteiger partial charge in [-0.1, -0.05) is 12.1 Å². The molecule has 8 nitrogen and oxygen atoms in total. The molecule has 0 atom stereocenters. The molecule has 0 unspecified atom stereocenters. The van der Waals surface area contributed by atoms with Crippen LogP contribution in [0.1, 0.15) is 20.8 Å². The van der Waals surface area contributed by atoms with Gasteiger partial charge in [-0.25, -0.2) is 14.4 Å². The van der Waals surface area contributed by atoms with Gasteiger partial charge in [-0.3, -0.25) is 0 Å². The van der Waals surface area contributed by atoms with Crippen molar-refractivity contribution in [2.45, 2.75) is 26.4 Å². The SMILES string of the molecule is CC(C)(C)OC(=O)n1nc2c3ccccc3[nH]c(=O)n2c1=O. The summed E-state index contributed by atoms with van der Waals surface area (Å²) >= 11 is 0. The standard InChI is InChI=1S/C14H14N4O4/c1-14(2,3)22-13(21)18-12(20)17-10(16-18)8-6-4-5-7-9(8)15-11(17)19/h4-7H,1-3H3,(H,15,19). The van der Waals surface area contributed by atoms with Crippen molar-refractivity contribution in [1.29, 1.82) is 0 Å². The maximum Gasteiger partial charge on any atom is 0.439 e. The highest BCUT2D eigenvalue weighted by molar-refractivity contribution is 5.91. The van der Waals surface area contributed by atoms with E-state index < -0.39 is 23.1 Å². The molecule has 1 aromatic carbocycles. The molecule has 0 saturated carbocycles. The van der Waals surface area contributed by atoms with Gasteiger partial charge in [-0.2, -0.15) is 4.40 Å². The molecule has 3 aromatic rings. The maximum absolute atomic E-state index is 12.3. The number of para-hydroxylation sites is 1.